The Hall–Kier alpha value is -1.73. The molecule has 0 amide bonds. The Balaban J connectivity index is 2.67. The van der Waals surface area contributed by atoms with Gasteiger partial charge in [0.1, 0.15) is 17.8 Å². The molecule has 0 aliphatic heterocycles. The lowest BCUT2D eigenvalue weighted by Gasteiger charge is -1.93. The molecule has 0 aromatic carbocycles. The van der Waals surface area contributed by atoms with Gasteiger partial charge in [0.25, 0.3) is 0 Å². The Labute approximate surface area is 85.5 Å². The van der Waals surface area contributed by atoms with Crippen LogP contribution in [0.5, 0.6) is 0 Å². The smallest absolute Gasteiger partial charge is 0.144 e. The minimum absolute atomic E-state index is 0.292. The van der Waals surface area contributed by atoms with E-state index in [0.717, 1.165) is 10.9 Å². The molecule has 14 heavy (non-hydrogen) atoms. The first-order valence-electron chi connectivity index (χ1n) is 3.95. The van der Waals surface area contributed by atoms with Gasteiger partial charge in [0.15, 0.2) is 0 Å². The molecular formula is C9H7ClN4. The molecule has 0 fully saturated rings. The molecule has 0 atom stereocenters. The maximum atomic E-state index is 5.70. The van der Waals surface area contributed by atoms with E-state index < -0.39 is 0 Å². The third-order valence-electron chi connectivity index (χ3n) is 1.79. The summed E-state index contributed by atoms with van der Waals surface area (Å²) in [6.45, 7) is 0. The predicted molar refractivity (Wildman–Crippen MR) is 55.9 cm³/mol. The zero-order valence-corrected chi connectivity index (χ0v) is 7.97. The van der Waals surface area contributed by atoms with E-state index in [2.05, 4.69) is 26.8 Å². The standard InChI is InChI=1S/C9H7ClN4/c10-3-1-2-6-4-12-9-7(6)8(11)13-5-14-9/h4-5H,3H2,(H3,11,12,13,14). The molecule has 70 valence electrons. The van der Waals surface area contributed by atoms with E-state index in [4.69, 9.17) is 17.3 Å². The number of nitrogens with two attached hydrogens (primary N) is 1. The van der Waals surface area contributed by atoms with Gasteiger partial charge in [0.05, 0.1) is 16.8 Å². The van der Waals surface area contributed by atoms with Crippen molar-refractivity contribution in [1.29, 1.82) is 0 Å². The molecule has 0 aliphatic rings. The monoisotopic (exact) mass is 206 g/mol. The Morgan fingerprint density at radius 3 is 3.14 bits per heavy atom. The van der Waals surface area contributed by atoms with E-state index in [9.17, 15) is 0 Å². The minimum atomic E-state index is 0.292. The summed E-state index contributed by atoms with van der Waals surface area (Å²) in [5.74, 6) is 6.36. The molecule has 2 aromatic rings. The number of halogens is 1. The Morgan fingerprint density at radius 1 is 1.50 bits per heavy atom. The van der Waals surface area contributed by atoms with E-state index in [0.29, 0.717) is 17.3 Å². The first-order chi connectivity index (χ1) is 6.83. The molecule has 3 N–H and O–H groups in total. The number of hydrogen-bond donors (Lipinski definition) is 2. The van der Waals surface area contributed by atoms with Crippen molar-refractivity contribution < 1.29 is 0 Å². The van der Waals surface area contributed by atoms with Crippen LogP contribution in [0.4, 0.5) is 5.82 Å². The van der Waals surface area contributed by atoms with Gasteiger partial charge in [-0.2, -0.15) is 0 Å². The van der Waals surface area contributed by atoms with E-state index in [1.165, 1.54) is 6.33 Å². The highest BCUT2D eigenvalue weighted by Crippen LogP contribution is 2.19. The highest BCUT2D eigenvalue weighted by Gasteiger charge is 2.05. The minimum Gasteiger partial charge on any atom is -0.383 e. The number of fused-ring (bicyclic) bond motifs is 1. The summed E-state index contributed by atoms with van der Waals surface area (Å²) < 4.78 is 0. The lowest BCUT2D eigenvalue weighted by molar-refractivity contribution is 1.21. The zero-order chi connectivity index (χ0) is 9.97. The summed E-state index contributed by atoms with van der Waals surface area (Å²) in [5.41, 5.74) is 7.17. The lowest BCUT2D eigenvalue weighted by atomic mass is 10.2. The molecule has 0 unspecified atom stereocenters. The fourth-order valence-electron chi connectivity index (χ4n) is 1.21. The van der Waals surface area contributed by atoms with Crippen molar-refractivity contribution in [3.8, 4) is 11.8 Å². The van der Waals surface area contributed by atoms with Crippen LogP contribution in [0.3, 0.4) is 0 Å². The van der Waals surface area contributed by atoms with Gasteiger partial charge >= 0.3 is 0 Å². The summed E-state index contributed by atoms with van der Waals surface area (Å²) >= 11 is 5.46. The molecule has 0 aliphatic carbocycles. The van der Waals surface area contributed by atoms with E-state index in [1.807, 2.05) is 0 Å². The van der Waals surface area contributed by atoms with Gasteiger partial charge in [-0.15, -0.1) is 11.6 Å². The fraction of sp³-hybridized carbons (Fsp3) is 0.111. The molecule has 0 saturated carbocycles. The number of aromatic nitrogens is 3. The lowest BCUT2D eigenvalue weighted by Crippen LogP contribution is -1.92. The van der Waals surface area contributed by atoms with Crippen LogP contribution in [-0.2, 0) is 0 Å². The normalized spacial score (nSPS) is 9.79. The van der Waals surface area contributed by atoms with Crippen LogP contribution in [0.1, 0.15) is 5.56 Å². The third kappa shape index (κ3) is 1.38. The van der Waals surface area contributed by atoms with Crippen LogP contribution in [0.25, 0.3) is 11.0 Å². The zero-order valence-electron chi connectivity index (χ0n) is 7.21. The summed E-state index contributed by atoms with van der Waals surface area (Å²) in [6.07, 6.45) is 3.15. The second-order valence-corrected chi connectivity index (χ2v) is 2.89. The maximum Gasteiger partial charge on any atom is 0.144 e. The van der Waals surface area contributed by atoms with Gasteiger partial charge < -0.3 is 10.7 Å². The Morgan fingerprint density at radius 2 is 2.36 bits per heavy atom. The van der Waals surface area contributed by atoms with Gasteiger partial charge in [-0.3, -0.25) is 0 Å². The van der Waals surface area contributed by atoms with Crippen LogP contribution in [-0.4, -0.2) is 20.8 Å². The molecule has 0 bridgehead atoms. The summed E-state index contributed by atoms with van der Waals surface area (Å²) in [7, 11) is 0. The molecule has 0 radical (unpaired) electrons. The van der Waals surface area contributed by atoms with Crippen LogP contribution < -0.4 is 5.73 Å². The predicted octanol–water partition coefficient (Wildman–Crippen LogP) is 1.13. The largest absolute Gasteiger partial charge is 0.383 e. The van der Waals surface area contributed by atoms with Crippen molar-refractivity contribution in [3.63, 3.8) is 0 Å². The first kappa shape index (κ1) is 8.85. The number of nitrogens with one attached hydrogen (secondary N) is 1. The van der Waals surface area contributed by atoms with Crippen molar-refractivity contribution in [1.82, 2.24) is 15.0 Å². The van der Waals surface area contributed by atoms with Crippen molar-refractivity contribution in [2.45, 2.75) is 0 Å². The number of aromatic amines is 1. The second-order valence-electron chi connectivity index (χ2n) is 2.62. The number of rotatable bonds is 0. The number of nitrogen functional groups attached to an aromatic ring is 1. The fourth-order valence-corrected chi connectivity index (χ4v) is 1.28. The van der Waals surface area contributed by atoms with Gasteiger partial charge in [-0.05, 0) is 0 Å². The second kappa shape index (κ2) is 3.56. The number of hydrogen-bond acceptors (Lipinski definition) is 3. The molecule has 2 heterocycles. The molecule has 0 saturated heterocycles. The summed E-state index contributed by atoms with van der Waals surface area (Å²) in [6, 6.07) is 0. The summed E-state index contributed by atoms with van der Waals surface area (Å²) in [4.78, 5) is 10.9. The highest BCUT2D eigenvalue weighted by atomic mass is 35.5. The van der Waals surface area contributed by atoms with Crippen LogP contribution >= 0.6 is 11.6 Å². The average Bonchev–Trinajstić information content (AvgIpc) is 2.59. The molecule has 2 aromatic heterocycles. The number of H-pyrrole nitrogens is 1. The summed E-state index contributed by atoms with van der Waals surface area (Å²) in [5, 5.41) is 0.755. The number of alkyl halides is 1. The molecule has 4 nitrogen and oxygen atoms in total. The average molecular weight is 207 g/mol. The van der Waals surface area contributed by atoms with Crippen LogP contribution in [0, 0.1) is 11.8 Å². The molecule has 2 rings (SSSR count). The topological polar surface area (TPSA) is 67.6 Å². The van der Waals surface area contributed by atoms with Gasteiger partial charge in [-0.1, -0.05) is 11.8 Å². The van der Waals surface area contributed by atoms with E-state index in [-0.39, 0.29) is 0 Å². The maximum absolute atomic E-state index is 5.70. The van der Waals surface area contributed by atoms with Crippen LogP contribution in [0.2, 0.25) is 0 Å². The van der Waals surface area contributed by atoms with Crippen molar-refractivity contribution in [2.75, 3.05) is 11.6 Å². The van der Waals surface area contributed by atoms with E-state index >= 15 is 0 Å². The van der Waals surface area contributed by atoms with Crippen molar-refractivity contribution in [3.05, 3.63) is 18.1 Å². The number of anilines is 1. The van der Waals surface area contributed by atoms with Crippen molar-refractivity contribution in [2.24, 2.45) is 0 Å². The van der Waals surface area contributed by atoms with Crippen molar-refractivity contribution >= 4 is 28.5 Å². The molecular weight excluding hydrogens is 200 g/mol. The van der Waals surface area contributed by atoms with Crippen LogP contribution in [0.15, 0.2) is 12.5 Å². The first-order valence-corrected chi connectivity index (χ1v) is 4.48. The number of nitrogens with zero attached hydrogens (tertiary/aromatic N) is 2. The van der Waals surface area contributed by atoms with E-state index in [1.54, 1.807) is 6.20 Å². The third-order valence-corrected chi connectivity index (χ3v) is 1.92. The SMILES string of the molecule is Nc1ncnc2[nH]cc(C#CCCl)c12. The molecule has 5 heteroatoms. The Kier molecular flexibility index (Phi) is 2.25. The quantitative estimate of drug-likeness (QED) is 0.502. The highest BCUT2D eigenvalue weighted by molar-refractivity contribution is 6.19. The molecule has 0 spiro atoms. The Bertz CT molecular complexity index is 520. The van der Waals surface area contributed by atoms with Gasteiger partial charge in [0.2, 0.25) is 0 Å². The van der Waals surface area contributed by atoms with Gasteiger partial charge in [-0.25, -0.2) is 9.97 Å². The van der Waals surface area contributed by atoms with Gasteiger partial charge in [0, 0.05) is 6.20 Å².